The van der Waals surface area contributed by atoms with Gasteiger partial charge >= 0.3 is 5.97 Å². The predicted molar refractivity (Wildman–Crippen MR) is 111 cm³/mol. The van der Waals surface area contributed by atoms with Gasteiger partial charge in [-0.1, -0.05) is 23.9 Å². The monoisotopic (exact) mass is 440 g/mol. The number of nitro groups is 1. The maximum Gasteiger partial charge on any atom is 0.323 e. The molecule has 0 saturated heterocycles. The van der Waals surface area contributed by atoms with Crippen molar-refractivity contribution in [3.8, 4) is 0 Å². The molecule has 11 heteroatoms. The lowest BCUT2D eigenvalue weighted by Gasteiger charge is -2.13. The minimum atomic E-state index is -1.06. The number of carboxylic acid groups (broad SMARTS) is 1. The van der Waals surface area contributed by atoms with Crippen LogP contribution in [0.25, 0.3) is 11.0 Å². The van der Waals surface area contributed by atoms with Crippen LogP contribution in [0.4, 0.5) is 5.69 Å². The van der Waals surface area contributed by atoms with E-state index in [-0.39, 0.29) is 30.6 Å². The van der Waals surface area contributed by atoms with Crippen molar-refractivity contribution in [3.63, 3.8) is 0 Å². The number of carbonyl (C=O) groups excluding carboxylic acids is 2. The van der Waals surface area contributed by atoms with Gasteiger partial charge in [-0.05, 0) is 24.6 Å². The summed E-state index contributed by atoms with van der Waals surface area (Å²) in [4.78, 5) is 52.1. The van der Waals surface area contributed by atoms with E-state index in [9.17, 15) is 29.6 Å². The number of nitro benzene ring substituents is 1. The van der Waals surface area contributed by atoms with Gasteiger partial charge in [0.2, 0.25) is 0 Å². The van der Waals surface area contributed by atoms with Crippen LogP contribution in [0, 0.1) is 10.1 Å². The van der Waals surface area contributed by atoms with Gasteiger partial charge in [0.15, 0.2) is 5.16 Å². The Bertz CT molecular complexity index is 1200. The molecule has 0 atom stereocenters. The molecule has 4 rings (SSSR count). The van der Waals surface area contributed by atoms with Crippen LogP contribution in [-0.2, 0) is 11.3 Å². The zero-order valence-electron chi connectivity index (χ0n) is 16.1. The topological polar surface area (TPSA) is 136 Å². The Morgan fingerprint density at radius 2 is 1.81 bits per heavy atom. The van der Waals surface area contributed by atoms with Gasteiger partial charge in [-0.25, -0.2) is 4.98 Å². The van der Waals surface area contributed by atoms with E-state index in [1.807, 2.05) is 0 Å². The van der Waals surface area contributed by atoms with Crippen molar-refractivity contribution >= 4 is 46.3 Å². The Kier molecular flexibility index (Phi) is 5.42. The summed E-state index contributed by atoms with van der Waals surface area (Å²) in [6.07, 6.45) is 0.479. The third kappa shape index (κ3) is 3.87. The van der Waals surface area contributed by atoms with Gasteiger partial charge in [-0.15, -0.1) is 0 Å². The van der Waals surface area contributed by atoms with E-state index in [0.717, 1.165) is 0 Å². The standard InChI is InChI=1S/C20H16N4O6S/c25-17(26)11-23-16-7-6-12(24(29)30)10-15(16)21-20(23)31-9-3-8-22-18(27)13-4-1-2-5-14(13)19(22)28/h1-2,4-7,10H,3,8-9,11H2,(H,25,26). The van der Waals surface area contributed by atoms with Gasteiger partial charge in [-0.2, -0.15) is 0 Å². The zero-order chi connectivity index (χ0) is 22.1. The van der Waals surface area contributed by atoms with Crippen molar-refractivity contribution in [2.45, 2.75) is 18.1 Å². The number of carbonyl (C=O) groups is 3. The van der Waals surface area contributed by atoms with Crippen molar-refractivity contribution in [1.82, 2.24) is 14.5 Å². The number of aliphatic carboxylic acids is 1. The molecule has 0 spiro atoms. The average Bonchev–Trinajstić information content (AvgIpc) is 3.20. The SMILES string of the molecule is O=C(O)Cn1c(SCCCN2C(=O)c3ccccc3C2=O)nc2cc([N+](=O)[O-])ccc21. The number of non-ortho nitro benzene ring substituents is 1. The number of hydrogen-bond donors (Lipinski definition) is 1. The lowest BCUT2D eigenvalue weighted by Crippen LogP contribution is -2.31. The molecular weight excluding hydrogens is 424 g/mol. The summed E-state index contributed by atoms with van der Waals surface area (Å²) >= 11 is 1.27. The Morgan fingerprint density at radius 1 is 1.13 bits per heavy atom. The first-order valence-electron chi connectivity index (χ1n) is 9.31. The second kappa shape index (κ2) is 8.19. The molecule has 1 aliphatic rings. The summed E-state index contributed by atoms with van der Waals surface area (Å²) in [5.74, 6) is -1.24. The summed E-state index contributed by atoms with van der Waals surface area (Å²) in [6.45, 7) is -0.112. The maximum atomic E-state index is 12.4. The van der Waals surface area contributed by atoms with Crippen LogP contribution in [0.2, 0.25) is 0 Å². The van der Waals surface area contributed by atoms with E-state index in [1.54, 1.807) is 24.3 Å². The Balaban J connectivity index is 1.46. The summed E-state index contributed by atoms with van der Waals surface area (Å²) in [6, 6.07) is 10.7. The molecule has 3 aromatic rings. The molecule has 158 valence electrons. The molecule has 0 saturated carbocycles. The molecule has 2 aromatic carbocycles. The fraction of sp³-hybridized carbons (Fsp3) is 0.200. The third-order valence-corrected chi connectivity index (χ3v) is 5.90. The van der Waals surface area contributed by atoms with Crippen LogP contribution in [0.5, 0.6) is 0 Å². The van der Waals surface area contributed by atoms with Gasteiger partial charge in [0.05, 0.1) is 27.1 Å². The minimum absolute atomic E-state index is 0.130. The fourth-order valence-corrected chi connectivity index (χ4v) is 4.37. The number of hydrogen-bond acceptors (Lipinski definition) is 7. The smallest absolute Gasteiger partial charge is 0.323 e. The first-order valence-corrected chi connectivity index (χ1v) is 10.3. The largest absolute Gasteiger partial charge is 0.480 e. The lowest BCUT2D eigenvalue weighted by molar-refractivity contribution is -0.384. The second-order valence-corrected chi connectivity index (χ2v) is 7.88. The highest BCUT2D eigenvalue weighted by molar-refractivity contribution is 7.99. The number of nitrogens with zero attached hydrogens (tertiary/aromatic N) is 4. The first kappa shape index (κ1) is 20.5. The Morgan fingerprint density at radius 3 is 2.42 bits per heavy atom. The molecule has 2 heterocycles. The van der Waals surface area contributed by atoms with Gasteiger partial charge < -0.3 is 9.67 Å². The highest BCUT2D eigenvalue weighted by Gasteiger charge is 2.34. The quantitative estimate of drug-likeness (QED) is 0.186. The highest BCUT2D eigenvalue weighted by atomic mass is 32.2. The van der Waals surface area contributed by atoms with Crippen LogP contribution in [0.1, 0.15) is 27.1 Å². The summed E-state index contributed by atoms with van der Waals surface area (Å²) in [5, 5.41) is 20.6. The van der Waals surface area contributed by atoms with Crippen molar-refractivity contribution in [2.75, 3.05) is 12.3 Å². The molecule has 2 amide bonds. The van der Waals surface area contributed by atoms with E-state index in [0.29, 0.717) is 39.5 Å². The van der Waals surface area contributed by atoms with E-state index in [2.05, 4.69) is 4.98 Å². The summed E-state index contributed by atoms with van der Waals surface area (Å²) in [7, 11) is 0. The molecule has 10 nitrogen and oxygen atoms in total. The van der Waals surface area contributed by atoms with Gasteiger partial charge in [0, 0.05) is 24.4 Å². The zero-order valence-corrected chi connectivity index (χ0v) is 16.9. The molecule has 0 fully saturated rings. The molecule has 0 radical (unpaired) electrons. The average molecular weight is 440 g/mol. The summed E-state index contributed by atoms with van der Waals surface area (Å²) in [5.41, 5.74) is 1.47. The number of imidazole rings is 1. The van der Waals surface area contributed by atoms with Crippen LogP contribution >= 0.6 is 11.8 Å². The molecule has 1 N–H and O–H groups in total. The minimum Gasteiger partial charge on any atom is -0.480 e. The number of rotatable bonds is 8. The number of thioether (sulfide) groups is 1. The molecule has 0 unspecified atom stereocenters. The number of carboxylic acids is 1. The van der Waals surface area contributed by atoms with E-state index < -0.39 is 10.9 Å². The lowest BCUT2D eigenvalue weighted by atomic mass is 10.1. The molecule has 0 aliphatic carbocycles. The van der Waals surface area contributed by atoms with Crippen LogP contribution in [0.3, 0.4) is 0 Å². The van der Waals surface area contributed by atoms with Crippen molar-refractivity contribution in [3.05, 3.63) is 63.7 Å². The van der Waals surface area contributed by atoms with Crippen LogP contribution < -0.4 is 0 Å². The normalized spacial score (nSPS) is 13.1. The maximum absolute atomic E-state index is 12.4. The Labute approximate surface area is 179 Å². The van der Waals surface area contributed by atoms with Crippen molar-refractivity contribution in [1.29, 1.82) is 0 Å². The molecule has 1 aliphatic heterocycles. The molecule has 1 aromatic heterocycles. The third-order valence-electron chi connectivity index (χ3n) is 4.84. The fourth-order valence-electron chi connectivity index (χ4n) is 3.44. The molecule has 0 bridgehead atoms. The van der Waals surface area contributed by atoms with Crippen LogP contribution in [0.15, 0.2) is 47.6 Å². The van der Waals surface area contributed by atoms with Crippen LogP contribution in [-0.4, -0.2) is 54.6 Å². The Hall–Kier alpha value is -3.73. The number of amides is 2. The predicted octanol–water partition coefficient (Wildman–Crippen LogP) is 2.81. The molecular formula is C20H16N4O6S. The van der Waals surface area contributed by atoms with Crippen molar-refractivity contribution in [2.24, 2.45) is 0 Å². The number of fused-ring (bicyclic) bond motifs is 2. The van der Waals surface area contributed by atoms with E-state index in [4.69, 9.17) is 0 Å². The first-order chi connectivity index (χ1) is 14.9. The van der Waals surface area contributed by atoms with Gasteiger partial charge in [0.1, 0.15) is 6.54 Å². The van der Waals surface area contributed by atoms with E-state index >= 15 is 0 Å². The number of imide groups is 1. The van der Waals surface area contributed by atoms with Gasteiger partial charge in [0.25, 0.3) is 17.5 Å². The van der Waals surface area contributed by atoms with Gasteiger partial charge in [-0.3, -0.25) is 29.4 Å². The second-order valence-electron chi connectivity index (χ2n) is 6.81. The summed E-state index contributed by atoms with van der Waals surface area (Å²) < 4.78 is 1.48. The highest BCUT2D eigenvalue weighted by Crippen LogP contribution is 2.28. The van der Waals surface area contributed by atoms with E-state index in [1.165, 1.54) is 39.4 Å². The molecule has 31 heavy (non-hydrogen) atoms. The number of aromatic nitrogens is 2. The van der Waals surface area contributed by atoms with Crippen molar-refractivity contribution < 1.29 is 24.4 Å². The number of benzene rings is 2.